The van der Waals surface area contributed by atoms with Crippen LogP contribution in [0.25, 0.3) is 22.4 Å². The predicted octanol–water partition coefficient (Wildman–Crippen LogP) is 5.74. The minimum absolute atomic E-state index is 0.195. The summed E-state index contributed by atoms with van der Waals surface area (Å²) in [6, 6.07) is 29.0. The SMILES string of the molecule is COc1ccc(C(=O)Nc2ccc(-c3nc4cc(C(=O)Nc5ccccc5)ccc4[nH]3)cc2)cc1. The lowest BCUT2D eigenvalue weighted by Gasteiger charge is -2.07. The van der Waals surface area contributed by atoms with Crippen LogP contribution in [-0.4, -0.2) is 28.9 Å². The number of benzene rings is 4. The summed E-state index contributed by atoms with van der Waals surface area (Å²) in [4.78, 5) is 33.0. The second kappa shape index (κ2) is 9.52. The fourth-order valence-corrected chi connectivity index (χ4v) is 3.67. The van der Waals surface area contributed by atoms with Crippen LogP contribution >= 0.6 is 0 Å². The normalized spacial score (nSPS) is 10.7. The van der Waals surface area contributed by atoms with Crippen molar-refractivity contribution in [2.75, 3.05) is 17.7 Å². The van der Waals surface area contributed by atoms with E-state index in [4.69, 9.17) is 4.74 Å². The molecule has 5 aromatic rings. The number of imidazole rings is 1. The molecule has 7 heteroatoms. The van der Waals surface area contributed by atoms with E-state index in [1.807, 2.05) is 60.7 Å². The molecule has 0 aliphatic carbocycles. The molecule has 0 spiro atoms. The Hall–Kier alpha value is -4.91. The third-order valence-electron chi connectivity index (χ3n) is 5.55. The summed E-state index contributed by atoms with van der Waals surface area (Å²) in [5.74, 6) is 0.972. The summed E-state index contributed by atoms with van der Waals surface area (Å²) in [5, 5.41) is 5.77. The Kier molecular flexibility index (Phi) is 5.96. The fraction of sp³-hybridized carbons (Fsp3) is 0.0357. The fourth-order valence-electron chi connectivity index (χ4n) is 3.67. The molecule has 0 atom stereocenters. The van der Waals surface area contributed by atoms with Crippen LogP contribution in [0.15, 0.2) is 97.1 Å². The van der Waals surface area contributed by atoms with Crippen molar-refractivity contribution in [3.05, 3.63) is 108 Å². The third-order valence-corrected chi connectivity index (χ3v) is 5.55. The Morgan fingerprint density at radius 2 is 1.37 bits per heavy atom. The van der Waals surface area contributed by atoms with Gasteiger partial charge in [-0.25, -0.2) is 4.98 Å². The van der Waals surface area contributed by atoms with E-state index in [1.54, 1.807) is 43.5 Å². The highest BCUT2D eigenvalue weighted by atomic mass is 16.5. The number of carbonyl (C=O) groups excluding carboxylic acids is 2. The molecule has 0 saturated carbocycles. The van der Waals surface area contributed by atoms with Crippen molar-refractivity contribution in [3.8, 4) is 17.1 Å². The van der Waals surface area contributed by atoms with Crippen LogP contribution < -0.4 is 15.4 Å². The minimum atomic E-state index is -0.203. The number of aromatic nitrogens is 2. The first-order chi connectivity index (χ1) is 17.1. The molecule has 2 amide bonds. The Morgan fingerprint density at radius 1 is 0.743 bits per heavy atom. The Morgan fingerprint density at radius 3 is 2.06 bits per heavy atom. The Labute approximate surface area is 201 Å². The van der Waals surface area contributed by atoms with E-state index < -0.39 is 0 Å². The van der Waals surface area contributed by atoms with Gasteiger partial charge in [-0.3, -0.25) is 9.59 Å². The van der Waals surface area contributed by atoms with Crippen LogP contribution in [0.5, 0.6) is 5.75 Å². The molecule has 1 aromatic heterocycles. The van der Waals surface area contributed by atoms with Gasteiger partial charge in [-0.2, -0.15) is 0 Å². The number of nitrogens with one attached hydrogen (secondary N) is 3. The summed E-state index contributed by atoms with van der Waals surface area (Å²) >= 11 is 0. The molecule has 1 heterocycles. The highest BCUT2D eigenvalue weighted by Crippen LogP contribution is 2.24. The molecule has 0 fully saturated rings. The van der Waals surface area contributed by atoms with Crippen molar-refractivity contribution < 1.29 is 14.3 Å². The van der Waals surface area contributed by atoms with E-state index in [1.165, 1.54) is 0 Å². The van der Waals surface area contributed by atoms with E-state index in [0.717, 1.165) is 16.8 Å². The number of nitrogens with zero attached hydrogens (tertiary/aromatic N) is 1. The van der Waals surface area contributed by atoms with Gasteiger partial charge in [-0.15, -0.1) is 0 Å². The van der Waals surface area contributed by atoms with Crippen molar-refractivity contribution >= 4 is 34.2 Å². The van der Waals surface area contributed by atoms with Crippen molar-refractivity contribution in [2.24, 2.45) is 0 Å². The van der Waals surface area contributed by atoms with Crippen LogP contribution in [0, 0.1) is 0 Å². The van der Waals surface area contributed by atoms with Crippen molar-refractivity contribution in [1.29, 1.82) is 0 Å². The van der Waals surface area contributed by atoms with E-state index in [9.17, 15) is 9.59 Å². The second-order valence-electron chi connectivity index (χ2n) is 7.90. The average molecular weight is 463 g/mol. The van der Waals surface area contributed by atoms with E-state index in [-0.39, 0.29) is 11.8 Å². The number of methoxy groups -OCH3 is 1. The summed E-state index contributed by atoms with van der Waals surface area (Å²) in [5.41, 5.74) is 4.85. The molecule has 4 aromatic carbocycles. The molecule has 0 unspecified atom stereocenters. The van der Waals surface area contributed by atoms with E-state index >= 15 is 0 Å². The highest BCUT2D eigenvalue weighted by Gasteiger charge is 2.11. The van der Waals surface area contributed by atoms with E-state index in [2.05, 4.69) is 20.6 Å². The maximum atomic E-state index is 12.6. The number of anilines is 2. The van der Waals surface area contributed by atoms with Gasteiger partial charge in [-0.05, 0) is 78.9 Å². The van der Waals surface area contributed by atoms with Gasteiger partial charge in [0, 0.05) is 28.1 Å². The molecule has 0 saturated heterocycles. The number of aromatic amines is 1. The third kappa shape index (κ3) is 4.89. The number of fused-ring (bicyclic) bond motifs is 1. The zero-order valence-corrected chi connectivity index (χ0v) is 18.9. The molecule has 0 aliphatic heterocycles. The first-order valence-electron chi connectivity index (χ1n) is 11.0. The van der Waals surface area contributed by atoms with Crippen LogP contribution in [-0.2, 0) is 0 Å². The first-order valence-corrected chi connectivity index (χ1v) is 11.0. The Balaban J connectivity index is 1.30. The van der Waals surface area contributed by atoms with Crippen molar-refractivity contribution in [1.82, 2.24) is 9.97 Å². The summed E-state index contributed by atoms with van der Waals surface area (Å²) in [6.45, 7) is 0. The van der Waals surface area contributed by atoms with Gasteiger partial charge in [0.1, 0.15) is 11.6 Å². The molecule has 5 rings (SSSR count). The lowest BCUT2D eigenvalue weighted by atomic mass is 10.1. The van der Waals surface area contributed by atoms with Gasteiger partial charge in [-0.1, -0.05) is 18.2 Å². The number of ether oxygens (including phenoxy) is 1. The first kappa shape index (κ1) is 21.9. The van der Waals surface area contributed by atoms with Gasteiger partial charge in [0.15, 0.2) is 0 Å². The molecule has 0 aliphatic rings. The quantitative estimate of drug-likeness (QED) is 0.300. The van der Waals surface area contributed by atoms with Gasteiger partial charge in [0.25, 0.3) is 11.8 Å². The molecule has 35 heavy (non-hydrogen) atoms. The lowest BCUT2D eigenvalue weighted by Crippen LogP contribution is -2.11. The van der Waals surface area contributed by atoms with Crippen LogP contribution in [0.3, 0.4) is 0 Å². The molecule has 0 bridgehead atoms. The van der Waals surface area contributed by atoms with Gasteiger partial charge < -0.3 is 20.4 Å². The standard InChI is InChI=1S/C28H22N4O3/c1-35-23-14-9-19(10-15-23)27(33)30-22-12-7-18(8-13-22)26-31-24-16-11-20(17-25(24)32-26)28(34)29-21-5-3-2-4-6-21/h2-17H,1H3,(H,29,34)(H,30,33)(H,31,32). The predicted molar refractivity (Wildman–Crippen MR) is 137 cm³/mol. The summed E-state index contributed by atoms with van der Waals surface area (Å²) in [7, 11) is 1.58. The lowest BCUT2D eigenvalue weighted by molar-refractivity contribution is 0.101. The molecule has 7 nitrogen and oxygen atoms in total. The topological polar surface area (TPSA) is 96.1 Å². The largest absolute Gasteiger partial charge is 0.497 e. The Bertz CT molecular complexity index is 1490. The number of para-hydroxylation sites is 1. The van der Waals surface area contributed by atoms with Crippen LogP contribution in [0.4, 0.5) is 11.4 Å². The number of amides is 2. The number of carbonyl (C=O) groups is 2. The molecule has 0 radical (unpaired) electrons. The molecule has 172 valence electrons. The number of hydrogen-bond donors (Lipinski definition) is 3. The highest BCUT2D eigenvalue weighted by molar-refractivity contribution is 6.06. The average Bonchev–Trinajstić information content (AvgIpc) is 3.33. The molecule has 3 N–H and O–H groups in total. The van der Waals surface area contributed by atoms with Crippen molar-refractivity contribution in [3.63, 3.8) is 0 Å². The van der Waals surface area contributed by atoms with E-state index in [0.29, 0.717) is 33.9 Å². The maximum absolute atomic E-state index is 12.6. The number of hydrogen-bond acceptors (Lipinski definition) is 4. The van der Waals surface area contributed by atoms with Crippen LogP contribution in [0.2, 0.25) is 0 Å². The zero-order chi connectivity index (χ0) is 24.2. The number of H-pyrrole nitrogens is 1. The van der Waals surface area contributed by atoms with Gasteiger partial charge >= 0.3 is 0 Å². The zero-order valence-electron chi connectivity index (χ0n) is 18.9. The molecular weight excluding hydrogens is 440 g/mol. The monoisotopic (exact) mass is 462 g/mol. The summed E-state index contributed by atoms with van der Waals surface area (Å²) < 4.78 is 5.13. The van der Waals surface area contributed by atoms with Crippen molar-refractivity contribution in [2.45, 2.75) is 0 Å². The molecular formula is C28H22N4O3. The maximum Gasteiger partial charge on any atom is 0.255 e. The second-order valence-corrected chi connectivity index (χ2v) is 7.90. The summed E-state index contributed by atoms with van der Waals surface area (Å²) in [6.07, 6.45) is 0. The minimum Gasteiger partial charge on any atom is -0.497 e. The smallest absolute Gasteiger partial charge is 0.255 e. The number of rotatable bonds is 6. The van der Waals surface area contributed by atoms with Gasteiger partial charge in [0.05, 0.1) is 18.1 Å². The van der Waals surface area contributed by atoms with Gasteiger partial charge in [0.2, 0.25) is 0 Å². The van der Waals surface area contributed by atoms with Crippen LogP contribution in [0.1, 0.15) is 20.7 Å².